The zero-order valence-corrected chi connectivity index (χ0v) is 83.5. The van der Waals surface area contributed by atoms with Crippen molar-refractivity contribution < 1.29 is 67.3 Å². The molecule has 0 spiro atoms. The fraction of sp³-hybridized carbons (Fsp3) is 0.486. The Balaban J connectivity index is 0.000000249. The molecule has 4 aliphatic heterocycles. The number of quaternary nitrogens is 4. The highest BCUT2D eigenvalue weighted by atomic mass is 32.2. The number of nitrogens with zero attached hydrogens (tertiary/aromatic N) is 8. The third kappa shape index (κ3) is 24.7. The second-order valence-electron chi connectivity index (χ2n) is 43.5. The summed E-state index contributed by atoms with van der Waals surface area (Å²) in [5.74, 6) is 1.45. The minimum atomic E-state index is -4.64. The summed E-state index contributed by atoms with van der Waals surface area (Å²) in [5, 5.41) is 3.88. The molecule has 6 aliphatic rings. The van der Waals surface area contributed by atoms with Crippen LogP contribution in [0.3, 0.4) is 0 Å². The minimum Gasteiger partial charge on any atom is -0.744 e. The summed E-state index contributed by atoms with van der Waals surface area (Å²) in [4.78, 5) is 17.2. The van der Waals surface area contributed by atoms with Gasteiger partial charge in [0.15, 0.2) is 24.5 Å². The minimum absolute atomic E-state index is 0.184. The van der Waals surface area contributed by atoms with Gasteiger partial charge in [0, 0.05) is 113 Å². The van der Waals surface area contributed by atoms with E-state index in [0.29, 0.717) is 19.4 Å². The Morgan fingerprint density at radius 3 is 1.34 bits per heavy atom. The second kappa shape index (κ2) is 39.1. The molecule has 19 nitrogen and oxygen atoms in total. The van der Waals surface area contributed by atoms with Crippen molar-refractivity contribution in [2.45, 2.75) is 211 Å². The highest BCUT2D eigenvalue weighted by molar-refractivity contribution is 7.86. The van der Waals surface area contributed by atoms with Crippen LogP contribution in [0.1, 0.15) is 191 Å². The van der Waals surface area contributed by atoms with E-state index in [9.17, 15) is 30.7 Å². The lowest BCUT2D eigenvalue weighted by Crippen LogP contribution is -2.37. The van der Waals surface area contributed by atoms with Crippen LogP contribution >= 0.6 is 0 Å². The number of fused-ring (bicyclic) bond motifs is 4. The molecule has 0 unspecified atom stereocenters. The number of rotatable bonds is 33. The van der Waals surface area contributed by atoms with E-state index >= 15 is 0 Å². The molecular weight excluding hydrogens is 1630 g/mol. The van der Waals surface area contributed by atoms with Gasteiger partial charge in [-0.05, 0) is 244 Å². The second-order valence-corrected chi connectivity index (χ2v) is 46.2. The first-order valence-corrected chi connectivity index (χ1v) is 49.1. The van der Waals surface area contributed by atoms with Crippen LogP contribution in [0.5, 0.6) is 5.75 Å². The summed E-state index contributed by atoms with van der Waals surface area (Å²) in [6.45, 7) is 36.0. The maximum atomic E-state index is 12.5. The van der Waals surface area contributed by atoms with E-state index in [0.717, 1.165) is 214 Å². The molecular formula is C107H150N10O9S2+4. The van der Waals surface area contributed by atoms with Gasteiger partial charge in [-0.2, -0.15) is 9.15 Å². The van der Waals surface area contributed by atoms with Crippen molar-refractivity contribution in [3.63, 3.8) is 0 Å². The van der Waals surface area contributed by atoms with Gasteiger partial charge in [-0.25, -0.2) is 16.8 Å². The number of ether oxygens (including phenoxy) is 2. The molecule has 6 aromatic rings. The van der Waals surface area contributed by atoms with E-state index in [4.69, 9.17) is 15.2 Å². The first-order chi connectivity index (χ1) is 59.5. The van der Waals surface area contributed by atoms with Crippen LogP contribution in [-0.4, -0.2) is 219 Å². The first kappa shape index (κ1) is 99.4. The quantitative estimate of drug-likeness (QED) is 0.0171. The van der Waals surface area contributed by atoms with Crippen LogP contribution in [0.25, 0.3) is 0 Å². The maximum absolute atomic E-state index is 12.5. The highest BCUT2D eigenvalue weighted by Gasteiger charge is 2.48. The van der Waals surface area contributed by atoms with Crippen molar-refractivity contribution in [3.8, 4) is 5.75 Å². The number of esters is 1. The molecule has 690 valence electrons. The van der Waals surface area contributed by atoms with Gasteiger partial charge >= 0.3 is 5.97 Å². The van der Waals surface area contributed by atoms with Crippen molar-refractivity contribution in [1.82, 2.24) is 0 Å². The summed E-state index contributed by atoms with van der Waals surface area (Å²) in [5.41, 5.74) is 28.9. The van der Waals surface area contributed by atoms with Crippen LogP contribution in [0, 0.1) is 13.8 Å². The van der Waals surface area contributed by atoms with Gasteiger partial charge < -0.3 is 57.4 Å². The van der Waals surface area contributed by atoms with Gasteiger partial charge in [0.05, 0.1) is 144 Å². The van der Waals surface area contributed by atoms with Crippen LogP contribution in [0.4, 0.5) is 28.4 Å². The van der Waals surface area contributed by atoms with Gasteiger partial charge in [-0.3, -0.25) is 4.79 Å². The third-order valence-electron chi connectivity index (χ3n) is 25.9. The lowest BCUT2D eigenvalue weighted by molar-refractivity contribution is -0.871. The number of nitrogens with one attached hydrogen (secondary N) is 1. The number of carbonyl (C=O) groups is 1. The van der Waals surface area contributed by atoms with Crippen molar-refractivity contribution in [2.24, 2.45) is 5.73 Å². The Kier molecular flexibility index (Phi) is 30.4. The number of hydrogen-bond donors (Lipinski definition) is 2. The van der Waals surface area contributed by atoms with Crippen molar-refractivity contribution >= 4 is 66.1 Å². The van der Waals surface area contributed by atoms with Crippen LogP contribution in [-0.2, 0) is 64.3 Å². The zero-order chi connectivity index (χ0) is 93.9. The Labute approximate surface area is 768 Å². The molecule has 0 saturated heterocycles. The predicted octanol–water partition coefficient (Wildman–Crippen LogP) is 19.1. The molecule has 0 amide bonds. The molecule has 6 aromatic carbocycles. The zero-order valence-electron chi connectivity index (χ0n) is 81.9. The molecule has 0 bridgehead atoms. The van der Waals surface area contributed by atoms with E-state index in [1.807, 2.05) is 39.0 Å². The molecule has 128 heavy (non-hydrogen) atoms. The van der Waals surface area contributed by atoms with Gasteiger partial charge in [0.1, 0.15) is 37.3 Å². The van der Waals surface area contributed by atoms with E-state index in [1.165, 1.54) is 73.9 Å². The van der Waals surface area contributed by atoms with Crippen LogP contribution in [0.2, 0.25) is 0 Å². The van der Waals surface area contributed by atoms with E-state index in [2.05, 4.69) is 299 Å². The van der Waals surface area contributed by atoms with E-state index < -0.39 is 36.7 Å². The molecule has 0 radical (unpaired) electrons. The number of allylic oxidation sites excluding steroid dienone is 14. The van der Waals surface area contributed by atoms with Crippen molar-refractivity contribution in [2.75, 3.05) is 159 Å². The molecule has 0 saturated carbocycles. The fourth-order valence-electron chi connectivity index (χ4n) is 19.0. The lowest BCUT2D eigenvalue weighted by Gasteiger charge is -2.29. The smallest absolute Gasteiger partial charge is 0.306 e. The first-order valence-electron chi connectivity index (χ1n) is 46.2. The molecule has 0 aromatic heterocycles. The summed E-state index contributed by atoms with van der Waals surface area (Å²) in [6.07, 6.45) is 29.4. The molecule has 4 heterocycles. The van der Waals surface area contributed by atoms with Gasteiger partial charge in [-0.1, -0.05) is 106 Å². The maximum Gasteiger partial charge on any atom is 0.306 e. The summed E-state index contributed by atoms with van der Waals surface area (Å²) >= 11 is 0. The normalized spacial score (nSPS) is 18.9. The van der Waals surface area contributed by atoms with Crippen LogP contribution in [0.15, 0.2) is 225 Å². The standard InChI is InChI=1S/C56H78N5O5S.C51H71N5O4S/c1-40-20-29-48-46(38-40)55(5,6)50(58(48)34-16-36-60(9,10)11)31-24-42-18-15-19-43(53(42)57-44-26-21-41(22-27-44)23-33-52(62)66-54(2,3)4)25-32-51-56(7,8)47-39-45(67(63,64)65)28-30-49(47)59(51)35-17-37-61(12,13)14;1-37-17-25-45-43(35-37)50(2,3)47(53(45)31-13-33-55(6,7)8)27-20-39-15-12-16-40(49(39)60-41-22-18-38(19-23-41)29-30-52)21-28-48-51(4,5)44-36-42(61(57,58)59)24-26-46(44)54(48)32-14-34-56(9,10)11/h20-22,24-32,38-39H,15-19,23,33-37H2,1-14H3;17-28,35-36H,12-16,29-34,52H2,1-11H3/q+1;+2/p+1. The monoisotopic (exact) mass is 1780 g/mol. The molecule has 2 aliphatic carbocycles. The van der Waals surface area contributed by atoms with Gasteiger partial charge in [-0.15, -0.1) is 0 Å². The number of benzene rings is 6. The largest absolute Gasteiger partial charge is 0.744 e. The van der Waals surface area contributed by atoms with Gasteiger partial charge in [0.25, 0.3) is 0 Å². The number of carbonyl (C=O) groups excluding carboxylic acids is 1. The Morgan fingerprint density at radius 2 is 0.906 bits per heavy atom. The number of nitrogens with two attached hydrogens (primary N) is 1. The van der Waals surface area contributed by atoms with E-state index in [-0.39, 0.29) is 26.6 Å². The van der Waals surface area contributed by atoms with Crippen molar-refractivity contribution in [3.05, 3.63) is 260 Å². The lowest BCUT2D eigenvalue weighted by atomic mass is 9.81. The fourth-order valence-corrected chi connectivity index (χ4v) is 20.0. The summed E-state index contributed by atoms with van der Waals surface area (Å²) in [6, 6.07) is 40.1. The summed E-state index contributed by atoms with van der Waals surface area (Å²) < 4.78 is 94.1. The third-order valence-corrected chi connectivity index (χ3v) is 27.5. The number of hydrogen-bond acceptors (Lipinski definition) is 13. The molecule has 21 heteroatoms. The summed E-state index contributed by atoms with van der Waals surface area (Å²) in [7, 11) is 17.4. The molecule has 12 rings (SSSR count). The Bertz CT molecular complexity index is 5700. The Morgan fingerprint density at radius 1 is 0.492 bits per heavy atom. The molecule has 0 atom stereocenters. The topological polar surface area (TPSA) is 200 Å². The van der Waals surface area contributed by atoms with Crippen LogP contribution < -0.4 is 25.6 Å². The number of aryl methyl sites for hydroxylation is 3. The SMILES string of the molecule is Cc1ccc2c(c1)C(C)(C)C(=CC=C1CCCC(C=CC3=[N+](CCC[N+](C)(C)C)c4ccc(S(=O)(=O)[O-])cc4C3(C)C)=C1Nc1ccc(CCC(=O)OC(C)(C)C)cc1)N2CCC[N+](C)(C)C.Cc1ccc2c(c1)C(C)(C)C(=CC=C1CCCC(C=CC3=[N+](CCC[N+](C)(C)C)c4ccc(S(=O)(=O)[O-])cc4C3(C)C)=C1Oc1ccc(CCN)cc1)N2CCC[N+](C)(C)C. The average Bonchev–Trinajstić information content (AvgIpc) is 1.64. The highest BCUT2D eigenvalue weighted by Crippen LogP contribution is 2.52. The number of anilines is 3. The predicted molar refractivity (Wildman–Crippen MR) is 524 cm³/mol. The average molecular weight is 1780 g/mol. The van der Waals surface area contributed by atoms with Crippen molar-refractivity contribution in [1.29, 1.82) is 0 Å². The molecule has 0 fully saturated rings. The Hall–Kier alpha value is -9.13. The molecule has 3 N–H and O–H groups in total. The van der Waals surface area contributed by atoms with Gasteiger partial charge in [0.2, 0.25) is 11.4 Å². The van der Waals surface area contributed by atoms with E-state index in [1.54, 1.807) is 18.2 Å².